The molecule has 7 nitrogen and oxygen atoms in total. The molecule has 82 valence electrons. The van der Waals surface area contributed by atoms with E-state index in [0.717, 1.165) is 0 Å². The van der Waals surface area contributed by atoms with Crippen molar-refractivity contribution < 1.29 is 9.21 Å². The van der Waals surface area contributed by atoms with Crippen LogP contribution in [0.2, 0.25) is 0 Å². The number of rotatable bonds is 2. The van der Waals surface area contributed by atoms with Crippen molar-refractivity contribution in [3.8, 4) is 0 Å². The van der Waals surface area contributed by atoms with Gasteiger partial charge in [-0.05, 0) is 0 Å². The number of nitrogens with zero attached hydrogens (tertiary/aromatic N) is 4. The molecular weight excluding hydrogens is 198 g/mol. The van der Waals surface area contributed by atoms with E-state index in [1.807, 2.05) is 0 Å². The van der Waals surface area contributed by atoms with E-state index in [4.69, 9.17) is 10.2 Å². The topological polar surface area (TPSA) is 88.5 Å². The molecule has 0 radical (unpaired) electrons. The molecule has 0 aliphatic carbocycles. The fourth-order valence-corrected chi connectivity index (χ4v) is 1.38. The van der Waals surface area contributed by atoms with Crippen molar-refractivity contribution in [2.24, 2.45) is 5.73 Å². The Morgan fingerprint density at radius 1 is 1.47 bits per heavy atom. The summed E-state index contributed by atoms with van der Waals surface area (Å²) in [5.41, 5.74) is 5.35. The van der Waals surface area contributed by atoms with Gasteiger partial charge >= 0.3 is 6.01 Å². The highest BCUT2D eigenvalue weighted by molar-refractivity contribution is 5.81. The standard InChI is InChI=1S/C8H13N5O2/c1-12-2-3-13(5-7(12)14)8-11-10-6(4-9)15-8/h2-5,9H2,1H3. The fourth-order valence-electron chi connectivity index (χ4n) is 1.38. The fraction of sp³-hybridized carbons (Fsp3) is 0.625. The van der Waals surface area contributed by atoms with Crippen LogP contribution in [0.3, 0.4) is 0 Å². The number of carbonyl (C=O) groups is 1. The second kappa shape index (κ2) is 3.85. The zero-order chi connectivity index (χ0) is 10.8. The molecule has 1 aliphatic heterocycles. The Morgan fingerprint density at radius 2 is 2.27 bits per heavy atom. The van der Waals surface area contributed by atoms with Gasteiger partial charge < -0.3 is 20.0 Å². The first-order valence-corrected chi connectivity index (χ1v) is 4.72. The maximum Gasteiger partial charge on any atom is 0.318 e. The molecule has 2 rings (SSSR count). The highest BCUT2D eigenvalue weighted by Gasteiger charge is 2.24. The second-order valence-electron chi connectivity index (χ2n) is 3.42. The lowest BCUT2D eigenvalue weighted by molar-refractivity contribution is -0.129. The molecule has 0 atom stereocenters. The number of amides is 1. The minimum Gasteiger partial charge on any atom is -0.407 e. The summed E-state index contributed by atoms with van der Waals surface area (Å²) in [5, 5.41) is 7.57. The van der Waals surface area contributed by atoms with Crippen molar-refractivity contribution in [3.63, 3.8) is 0 Å². The zero-order valence-electron chi connectivity index (χ0n) is 8.51. The molecule has 1 saturated heterocycles. The molecule has 1 fully saturated rings. The van der Waals surface area contributed by atoms with E-state index in [0.29, 0.717) is 25.0 Å². The van der Waals surface area contributed by atoms with Crippen molar-refractivity contribution >= 4 is 11.9 Å². The average Bonchev–Trinajstić information content (AvgIpc) is 2.70. The molecule has 0 aromatic carbocycles. The third-order valence-electron chi connectivity index (χ3n) is 2.36. The summed E-state index contributed by atoms with van der Waals surface area (Å²) in [4.78, 5) is 14.9. The summed E-state index contributed by atoms with van der Waals surface area (Å²) < 4.78 is 5.26. The lowest BCUT2D eigenvalue weighted by atomic mass is 10.3. The Balaban J connectivity index is 2.08. The summed E-state index contributed by atoms with van der Waals surface area (Å²) in [6, 6.07) is 0.372. The quantitative estimate of drug-likeness (QED) is 0.661. The van der Waals surface area contributed by atoms with E-state index in [1.54, 1.807) is 16.8 Å². The van der Waals surface area contributed by atoms with E-state index in [2.05, 4.69) is 10.2 Å². The highest BCUT2D eigenvalue weighted by atomic mass is 16.4. The normalized spacial score (nSPS) is 17.3. The summed E-state index contributed by atoms with van der Waals surface area (Å²) >= 11 is 0. The Morgan fingerprint density at radius 3 is 2.87 bits per heavy atom. The Bertz CT molecular complexity index is 364. The first kappa shape index (κ1) is 9.91. The van der Waals surface area contributed by atoms with Crippen molar-refractivity contribution in [2.75, 3.05) is 31.6 Å². The summed E-state index contributed by atoms with van der Waals surface area (Å²) in [5.74, 6) is 0.435. The van der Waals surface area contributed by atoms with Gasteiger partial charge in [0.2, 0.25) is 11.8 Å². The van der Waals surface area contributed by atoms with E-state index >= 15 is 0 Å². The van der Waals surface area contributed by atoms with Gasteiger partial charge in [0.05, 0.1) is 6.54 Å². The molecule has 2 heterocycles. The number of hydrogen-bond acceptors (Lipinski definition) is 6. The van der Waals surface area contributed by atoms with Crippen LogP contribution >= 0.6 is 0 Å². The highest BCUT2D eigenvalue weighted by Crippen LogP contribution is 2.14. The largest absolute Gasteiger partial charge is 0.407 e. The molecule has 2 N–H and O–H groups in total. The number of anilines is 1. The van der Waals surface area contributed by atoms with Gasteiger partial charge in [-0.2, -0.15) is 0 Å². The number of aromatic nitrogens is 2. The lowest BCUT2D eigenvalue weighted by Crippen LogP contribution is -2.48. The van der Waals surface area contributed by atoms with Crippen molar-refractivity contribution in [1.82, 2.24) is 15.1 Å². The molecule has 1 aromatic heterocycles. The van der Waals surface area contributed by atoms with Gasteiger partial charge in [0, 0.05) is 20.1 Å². The Labute approximate surface area is 86.8 Å². The molecule has 1 aliphatic rings. The number of carbonyl (C=O) groups excluding carboxylic acids is 1. The summed E-state index contributed by atoms with van der Waals surface area (Å²) in [7, 11) is 1.78. The van der Waals surface area contributed by atoms with Crippen LogP contribution in [0.5, 0.6) is 0 Å². The molecule has 1 aromatic rings. The van der Waals surface area contributed by atoms with E-state index < -0.39 is 0 Å². The molecular formula is C8H13N5O2. The molecule has 0 bridgehead atoms. The van der Waals surface area contributed by atoms with Crippen molar-refractivity contribution in [1.29, 1.82) is 0 Å². The van der Waals surface area contributed by atoms with E-state index in [-0.39, 0.29) is 19.0 Å². The van der Waals surface area contributed by atoms with Crippen LogP contribution in [0.4, 0.5) is 6.01 Å². The smallest absolute Gasteiger partial charge is 0.318 e. The Hall–Kier alpha value is -1.63. The van der Waals surface area contributed by atoms with Crippen LogP contribution in [-0.4, -0.2) is 47.7 Å². The summed E-state index contributed by atoms with van der Waals surface area (Å²) in [6.07, 6.45) is 0. The Kier molecular flexibility index (Phi) is 2.55. The van der Waals surface area contributed by atoms with Gasteiger partial charge in [0.25, 0.3) is 0 Å². The number of likely N-dealkylation sites (N-methyl/N-ethyl adjacent to an activating group) is 1. The second-order valence-corrected chi connectivity index (χ2v) is 3.42. The van der Waals surface area contributed by atoms with Crippen LogP contribution in [-0.2, 0) is 11.3 Å². The zero-order valence-corrected chi connectivity index (χ0v) is 8.51. The van der Waals surface area contributed by atoms with E-state index in [9.17, 15) is 4.79 Å². The maximum absolute atomic E-state index is 11.4. The summed E-state index contributed by atoms with van der Waals surface area (Å²) in [6.45, 7) is 1.87. The van der Waals surface area contributed by atoms with Crippen LogP contribution < -0.4 is 10.6 Å². The first-order valence-electron chi connectivity index (χ1n) is 4.72. The first-order chi connectivity index (χ1) is 7.20. The number of hydrogen-bond donors (Lipinski definition) is 1. The van der Waals surface area contributed by atoms with Crippen LogP contribution in [0, 0.1) is 0 Å². The SMILES string of the molecule is CN1CCN(c2nnc(CN)o2)CC1=O. The monoisotopic (exact) mass is 211 g/mol. The van der Waals surface area contributed by atoms with Gasteiger partial charge in [-0.1, -0.05) is 5.10 Å². The van der Waals surface area contributed by atoms with Crippen molar-refractivity contribution in [3.05, 3.63) is 5.89 Å². The third kappa shape index (κ3) is 1.91. The van der Waals surface area contributed by atoms with Gasteiger partial charge in [-0.15, -0.1) is 5.10 Å². The van der Waals surface area contributed by atoms with E-state index in [1.165, 1.54) is 0 Å². The minimum absolute atomic E-state index is 0.0498. The minimum atomic E-state index is 0.0498. The van der Waals surface area contributed by atoms with Crippen LogP contribution in [0.25, 0.3) is 0 Å². The van der Waals surface area contributed by atoms with Crippen LogP contribution in [0.1, 0.15) is 5.89 Å². The number of piperazine rings is 1. The van der Waals surface area contributed by atoms with Crippen LogP contribution in [0.15, 0.2) is 4.42 Å². The number of nitrogens with two attached hydrogens (primary N) is 1. The molecule has 0 unspecified atom stereocenters. The molecule has 7 heteroatoms. The maximum atomic E-state index is 11.4. The predicted octanol–water partition coefficient (Wildman–Crippen LogP) is -1.19. The molecule has 0 spiro atoms. The molecule has 15 heavy (non-hydrogen) atoms. The predicted molar refractivity (Wildman–Crippen MR) is 52.0 cm³/mol. The molecule has 1 amide bonds. The molecule has 0 saturated carbocycles. The average molecular weight is 211 g/mol. The van der Waals surface area contributed by atoms with Gasteiger partial charge in [0.15, 0.2) is 0 Å². The third-order valence-corrected chi connectivity index (χ3v) is 2.36. The van der Waals surface area contributed by atoms with Gasteiger partial charge in [-0.3, -0.25) is 4.79 Å². The van der Waals surface area contributed by atoms with Gasteiger partial charge in [0.1, 0.15) is 6.54 Å². The van der Waals surface area contributed by atoms with Crippen molar-refractivity contribution in [2.45, 2.75) is 6.54 Å². The lowest BCUT2D eigenvalue weighted by Gasteiger charge is -2.30. The van der Waals surface area contributed by atoms with Gasteiger partial charge in [-0.25, -0.2) is 0 Å².